The smallest absolute Gasteiger partial charge is 0.162 e. The van der Waals surface area contributed by atoms with Crippen LogP contribution in [0, 0.1) is 0 Å². The van der Waals surface area contributed by atoms with Crippen molar-refractivity contribution in [3.05, 3.63) is 54.9 Å². The van der Waals surface area contributed by atoms with Gasteiger partial charge in [-0.3, -0.25) is 10.00 Å². The summed E-state index contributed by atoms with van der Waals surface area (Å²) in [6.07, 6.45) is 3.70. The predicted octanol–water partition coefficient (Wildman–Crippen LogP) is 3.44. The molecule has 164 valence electrons. The van der Waals surface area contributed by atoms with Gasteiger partial charge >= 0.3 is 0 Å². The number of benzene rings is 2. The fourth-order valence-corrected chi connectivity index (χ4v) is 3.88. The molecule has 2 N–H and O–H groups in total. The van der Waals surface area contributed by atoms with Crippen LogP contribution >= 0.6 is 0 Å². The number of fused-ring (bicyclic) bond motifs is 1. The van der Waals surface area contributed by atoms with E-state index in [1.54, 1.807) is 7.11 Å². The fourth-order valence-electron chi connectivity index (χ4n) is 3.88. The van der Waals surface area contributed by atoms with Gasteiger partial charge < -0.3 is 14.8 Å². The van der Waals surface area contributed by atoms with Crippen molar-refractivity contribution in [1.29, 1.82) is 0 Å². The molecule has 1 fully saturated rings. The summed E-state index contributed by atoms with van der Waals surface area (Å²) in [6, 6.07) is 14.1. The minimum atomic E-state index is 0.679. The van der Waals surface area contributed by atoms with Gasteiger partial charge in [-0.2, -0.15) is 5.10 Å². The Bertz CT molecular complexity index is 1170. The Hall–Kier alpha value is -3.49. The summed E-state index contributed by atoms with van der Waals surface area (Å²) >= 11 is 0. The maximum absolute atomic E-state index is 5.45. The number of H-pyrrole nitrogens is 1. The van der Waals surface area contributed by atoms with Crippen molar-refractivity contribution in [2.75, 3.05) is 51.8 Å². The summed E-state index contributed by atoms with van der Waals surface area (Å²) in [4.78, 5) is 12.2. The van der Waals surface area contributed by atoms with E-state index in [0.29, 0.717) is 5.82 Å². The molecule has 1 saturated heterocycles. The van der Waals surface area contributed by atoms with Gasteiger partial charge in [-0.1, -0.05) is 6.07 Å². The number of hydrogen-bond acceptors (Lipinski definition) is 7. The highest BCUT2D eigenvalue weighted by molar-refractivity contribution is 5.93. The molecule has 32 heavy (non-hydrogen) atoms. The molecule has 2 aromatic carbocycles. The third-order valence-corrected chi connectivity index (χ3v) is 5.70. The number of ether oxygens (including phenoxy) is 2. The Morgan fingerprint density at radius 1 is 1.03 bits per heavy atom. The molecule has 0 spiro atoms. The van der Waals surface area contributed by atoms with Gasteiger partial charge in [0, 0.05) is 48.9 Å². The normalized spacial score (nSPS) is 14.5. The largest absolute Gasteiger partial charge is 0.497 e. The maximum atomic E-state index is 5.45. The van der Waals surface area contributed by atoms with Crippen LogP contribution in [0.4, 0.5) is 5.82 Å². The number of nitrogens with one attached hydrogen (secondary N) is 2. The van der Waals surface area contributed by atoms with Gasteiger partial charge in [0.05, 0.1) is 32.0 Å². The zero-order chi connectivity index (χ0) is 21.8. The standard InChI is InChI=1S/C24H26N6O2/c1-31-20-5-2-17(3-6-20)23-28-22-14-18(19-15-26-27-16-19)4-7-21(22)24(29-23)25-8-9-30-10-12-32-13-11-30/h2-7,14-16H,8-13H2,1H3,(H,26,27)(H,25,28,29). The molecule has 0 unspecified atom stereocenters. The maximum Gasteiger partial charge on any atom is 0.162 e. The molecule has 0 saturated carbocycles. The van der Waals surface area contributed by atoms with Gasteiger partial charge in [0.1, 0.15) is 11.6 Å². The highest BCUT2D eigenvalue weighted by atomic mass is 16.5. The van der Waals surface area contributed by atoms with Crippen molar-refractivity contribution in [2.24, 2.45) is 0 Å². The van der Waals surface area contributed by atoms with Crippen molar-refractivity contribution < 1.29 is 9.47 Å². The molecule has 4 aromatic rings. The van der Waals surface area contributed by atoms with Crippen molar-refractivity contribution in [3.63, 3.8) is 0 Å². The van der Waals surface area contributed by atoms with E-state index in [2.05, 4.69) is 38.6 Å². The van der Waals surface area contributed by atoms with Crippen LogP contribution in [0.5, 0.6) is 5.75 Å². The summed E-state index contributed by atoms with van der Waals surface area (Å²) in [6.45, 7) is 5.29. The minimum Gasteiger partial charge on any atom is -0.497 e. The van der Waals surface area contributed by atoms with E-state index in [1.165, 1.54) is 0 Å². The van der Waals surface area contributed by atoms with Crippen molar-refractivity contribution in [1.82, 2.24) is 25.1 Å². The number of morpholine rings is 1. The van der Waals surface area contributed by atoms with E-state index >= 15 is 0 Å². The Morgan fingerprint density at radius 3 is 2.59 bits per heavy atom. The van der Waals surface area contributed by atoms with E-state index in [-0.39, 0.29) is 0 Å². The Labute approximate surface area is 186 Å². The molecule has 1 aliphatic rings. The molecular weight excluding hydrogens is 404 g/mol. The first-order valence-electron chi connectivity index (χ1n) is 10.8. The summed E-state index contributed by atoms with van der Waals surface area (Å²) in [5.74, 6) is 2.33. The number of hydrogen-bond donors (Lipinski definition) is 2. The van der Waals surface area contributed by atoms with Crippen LogP contribution in [0.15, 0.2) is 54.9 Å². The lowest BCUT2D eigenvalue weighted by Crippen LogP contribution is -2.39. The fraction of sp³-hybridized carbons (Fsp3) is 0.292. The molecule has 0 radical (unpaired) electrons. The van der Waals surface area contributed by atoms with Crippen LogP contribution in [0.25, 0.3) is 33.4 Å². The molecule has 1 aliphatic heterocycles. The van der Waals surface area contributed by atoms with Gasteiger partial charge in [-0.25, -0.2) is 9.97 Å². The highest BCUT2D eigenvalue weighted by Gasteiger charge is 2.13. The molecule has 0 atom stereocenters. The zero-order valence-corrected chi connectivity index (χ0v) is 18.0. The number of anilines is 1. The van der Waals surface area contributed by atoms with Gasteiger partial charge in [-0.15, -0.1) is 0 Å². The van der Waals surface area contributed by atoms with Gasteiger partial charge in [0.25, 0.3) is 0 Å². The van der Waals surface area contributed by atoms with Crippen LogP contribution in [0.2, 0.25) is 0 Å². The number of rotatable bonds is 7. The van der Waals surface area contributed by atoms with E-state index in [4.69, 9.17) is 19.4 Å². The Morgan fingerprint density at radius 2 is 1.84 bits per heavy atom. The molecule has 5 rings (SSSR count). The summed E-state index contributed by atoms with van der Waals surface area (Å²) < 4.78 is 10.7. The van der Waals surface area contributed by atoms with Gasteiger partial charge in [0.15, 0.2) is 5.82 Å². The van der Waals surface area contributed by atoms with Crippen molar-refractivity contribution in [2.45, 2.75) is 0 Å². The minimum absolute atomic E-state index is 0.679. The van der Waals surface area contributed by atoms with Crippen molar-refractivity contribution in [3.8, 4) is 28.3 Å². The SMILES string of the molecule is COc1ccc(-c2nc(NCCN3CCOCC3)c3ccc(-c4cn[nH]c4)cc3n2)cc1. The first-order valence-corrected chi connectivity index (χ1v) is 10.8. The average Bonchev–Trinajstić information content (AvgIpc) is 3.39. The Balaban J connectivity index is 1.48. The highest BCUT2D eigenvalue weighted by Crippen LogP contribution is 2.29. The van der Waals surface area contributed by atoms with Crippen LogP contribution in [-0.2, 0) is 4.74 Å². The zero-order valence-electron chi connectivity index (χ0n) is 18.0. The average molecular weight is 431 g/mol. The quantitative estimate of drug-likeness (QED) is 0.464. The van der Waals surface area contributed by atoms with Crippen LogP contribution in [-0.4, -0.2) is 71.6 Å². The first kappa shape index (κ1) is 20.4. The second-order valence-corrected chi connectivity index (χ2v) is 7.72. The van der Waals surface area contributed by atoms with Crippen LogP contribution in [0.3, 0.4) is 0 Å². The van der Waals surface area contributed by atoms with Crippen LogP contribution < -0.4 is 10.1 Å². The van der Waals surface area contributed by atoms with E-state index in [1.807, 2.05) is 36.7 Å². The van der Waals surface area contributed by atoms with Gasteiger partial charge in [0.2, 0.25) is 0 Å². The summed E-state index contributed by atoms with van der Waals surface area (Å²) in [5, 5.41) is 11.5. The third kappa shape index (κ3) is 4.42. The lowest BCUT2D eigenvalue weighted by Gasteiger charge is -2.26. The number of aromatic amines is 1. The lowest BCUT2D eigenvalue weighted by molar-refractivity contribution is 0.0398. The third-order valence-electron chi connectivity index (χ3n) is 5.70. The molecule has 8 heteroatoms. The lowest BCUT2D eigenvalue weighted by atomic mass is 10.1. The number of nitrogens with zero attached hydrogens (tertiary/aromatic N) is 4. The summed E-state index contributed by atoms with van der Waals surface area (Å²) in [5.41, 5.74) is 3.92. The predicted molar refractivity (Wildman–Crippen MR) is 125 cm³/mol. The first-order chi connectivity index (χ1) is 15.8. The molecule has 0 bridgehead atoms. The molecule has 3 heterocycles. The van der Waals surface area contributed by atoms with Crippen molar-refractivity contribution >= 4 is 16.7 Å². The van der Waals surface area contributed by atoms with E-state index in [0.717, 1.165) is 78.6 Å². The Kier molecular flexibility index (Phi) is 5.96. The monoisotopic (exact) mass is 430 g/mol. The van der Waals surface area contributed by atoms with E-state index in [9.17, 15) is 0 Å². The molecule has 0 amide bonds. The summed E-state index contributed by atoms with van der Waals surface area (Å²) in [7, 11) is 1.66. The van der Waals surface area contributed by atoms with Gasteiger partial charge in [-0.05, 0) is 42.0 Å². The molecule has 2 aromatic heterocycles. The number of aromatic nitrogens is 4. The second kappa shape index (κ2) is 9.33. The van der Waals surface area contributed by atoms with E-state index < -0.39 is 0 Å². The molecule has 0 aliphatic carbocycles. The van der Waals surface area contributed by atoms with Crippen LogP contribution in [0.1, 0.15) is 0 Å². The number of methoxy groups -OCH3 is 1. The molecular formula is C24H26N6O2. The second-order valence-electron chi connectivity index (χ2n) is 7.72. The topological polar surface area (TPSA) is 88.2 Å². The molecule has 8 nitrogen and oxygen atoms in total.